The van der Waals surface area contributed by atoms with Gasteiger partial charge in [-0.3, -0.25) is 9.48 Å². The van der Waals surface area contributed by atoms with Gasteiger partial charge < -0.3 is 15.4 Å². The molecule has 2 aromatic rings. The van der Waals surface area contributed by atoms with E-state index in [1.54, 1.807) is 0 Å². The maximum absolute atomic E-state index is 11.8. The second-order valence-electron chi connectivity index (χ2n) is 7.36. The predicted octanol–water partition coefficient (Wildman–Crippen LogP) is 2.02. The summed E-state index contributed by atoms with van der Waals surface area (Å²) in [7, 11) is 0. The first-order chi connectivity index (χ1) is 12.5. The molecule has 0 spiro atoms. The molecule has 1 atom stereocenters. The summed E-state index contributed by atoms with van der Waals surface area (Å²) < 4.78 is 7.40. The van der Waals surface area contributed by atoms with Crippen LogP contribution in [0.3, 0.4) is 0 Å². The highest BCUT2D eigenvalue weighted by Crippen LogP contribution is 2.29. The smallest absolute Gasteiger partial charge is 0.269 e. The largest absolute Gasteiger partial charge is 0.381 e. The van der Waals surface area contributed by atoms with Crippen molar-refractivity contribution >= 4 is 11.7 Å². The Morgan fingerprint density at radius 1 is 1.38 bits per heavy atom. The lowest BCUT2D eigenvalue weighted by molar-refractivity contribution is 0.0993. The summed E-state index contributed by atoms with van der Waals surface area (Å²) in [5.41, 5.74) is 9.24. The fraction of sp³-hybridized carbons (Fsp3) is 0.526. The number of carbonyl (C=O) groups excluding carboxylic acids is 1. The molecule has 4 heterocycles. The molecule has 7 nitrogen and oxygen atoms in total. The first-order valence-electron chi connectivity index (χ1n) is 9.23. The molecule has 2 aliphatic heterocycles. The van der Waals surface area contributed by atoms with Gasteiger partial charge in [0.05, 0.1) is 6.61 Å². The molecule has 7 heteroatoms. The van der Waals surface area contributed by atoms with Crippen LogP contribution in [0.1, 0.15) is 59.5 Å². The number of aromatic nitrogens is 3. The van der Waals surface area contributed by atoms with Crippen LogP contribution in [0.25, 0.3) is 0 Å². The maximum atomic E-state index is 11.8. The summed E-state index contributed by atoms with van der Waals surface area (Å²) in [6.45, 7) is 7.21. The van der Waals surface area contributed by atoms with E-state index in [9.17, 15) is 4.79 Å². The highest BCUT2D eigenvalue weighted by atomic mass is 16.5. The lowest BCUT2D eigenvalue weighted by Crippen LogP contribution is -2.32. The first kappa shape index (κ1) is 17.0. The zero-order chi connectivity index (χ0) is 18.3. The van der Waals surface area contributed by atoms with E-state index >= 15 is 0 Å². The van der Waals surface area contributed by atoms with Gasteiger partial charge >= 0.3 is 0 Å². The number of carbonyl (C=O) groups is 1. The molecule has 2 aliphatic rings. The van der Waals surface area contributed by atoms with E-state index in [4.69, 9.17) is 10.5 Å². The summed E-state index contributed by atoms with van der Waals surface area (Å²) in [4.78, 5) is 18.7. The Hall–Kier alpha value is -2.41. The van der Waals surface area contributed by atoms with Crippen molar-refractivity contribution in [3.05, 3.63) is 40.8 Å². The molecule has 1 fully saturated rings. The van der Waals surface area contributed by atoms with Crippen molar-refractivity contribution in [2.75, 3.05) is 24.7 Å². The second-order valence-corrected chi connectivity index (χ2v) is 7.36. The number of anilines is 1. The molecule has 2 aromatic heterocycles. The quantitative estimate of drug-likeness (QED) is 0.907. The number of primary amides is 1. The van der Waals surface area contributed by atoms with E-state index in [1.165, 1.54) is 5.56 Å². The fourth-order valence-electron chi connectivity index (χ4n) is 3.89. The van der Waals surface area contributed by atoms with E-state index in [2.05, 4.69) is 41.0 Å². The van der Waals surface area contributed by atoms with Crippen LogP contribution in [-0.2, 0) is 17.7 Å². The molecule has 0 bridgehead atoms. The number of hydrogen-bond acceptors (Lipinski definition) is 5. The monoisotopic (exact) mass is 355 g/mol. The van der Waals surface area contributed by atoms with Crippen LogP contribution in [0.5, 0.6) is 0 Å². The van der Waals surface area contributed by atoms with E-state index in [1.807, 2.05) is 10.9 Å². The van der Waals surface area contributed by atoms with Crippen molar-refractivity contribution in [1.82, 2.24) is 14.8 Å². The molecule has 0 aliphatic carbocycles. The van der Waals surface area contributed by atoms with Crippen molar-refractivity contribution in [3.8, 4) is 0 Å². The number of pyridine rings is 1. The van der Waals surface area contributed by atoms with Gasteiger partial charge in [-0.1, -0.05) is 6.07 Å². The van der Waals surface area contributed by atoms with Gasteiger partial charge in [-0.05, 0) is 31.9 Å². The molecular formula is C19H25N5O2. The Morgan fingerprint density at radius 3 is 2.85 bits per heavy atom. The van der Waals surface area contributed by atoms with Crippen molar-refractivity contribution in [1.29, 1.82) is 0 Å². The Labute approximate surface area is 153 Å². The van der Waals surface area contributed by atoms with Crippen molar-refractivity contribution in [3.63, 3.8) is 0 Å². The number of ether oxygens (including phenoxy) is 1. The molecule has 0 radical (unpaired) electrons. The predicted molar refractivity (Wildman–Crippen MR) is 98.3 cm³/mol. The number of fused-ring (bicyclic) bond motifs is 1. The second kappa shape index (κ2) is 6.72. The number of nitrogens with zero attached hydrogens (tertiary/aromatic N) is 4. The summed E-state index contributed by atoms with van der Waals surface area (Å²) >= 11 is 0. The minimum atomic E-state index is -0.466. The zero-order valence-electron chi connectivity index (χ0n) is 15.3. The SMILES string of the molecule is CC(C)n1nc(C(N)=O)c2c1CCN(c1ccc(C3CCOC3)cn1)C2. The number of rotatable bonds is 4. The summed E-state index contributed by atoms with van der Waals surface area (Å²) in [6, 6.07) is 4.41. The molecule has 1 unspecified atom stereocenters. The Kier molecular flexibility index (Phi) is 4.40. The van der Waals surface area contributed by atoms with Crippen molar-refractivity contribution in [2.45, 2.75) is 45.2 Å². The van der Waals surface area contributed by atoms with Crippen LogP contribution < -0.4 is 10.6 Å². The van der Waals surface area contributed by atoms with Gasteiger partial charge in [-0.2, -0.15) is 5.10 Å². The van der Waals surface area contributed by atoms with Crippen molar-refractivity contribution < 1.29 is 9.53 Å². The molecular weight excluding hydrogens is 330 g/mol. The van der Waals surface area contributed by atoms with Crippen LogP contribution in [0.4, 0.5) is 5.82 Å². The average Bonchev–Trinajstić information content (AvgIpc) is 3.29. The number of nitrogens with two attached hydrogens (primary N) is 1. The summed E-state index contributed by atoms with van der Waals surface area (Å²) in [5, 5.41) is 4.47. The van der Waals surface area contributed by atoms with Gasteiger partial charge in [-0.25, -0.2) is 4.98 Å². The van der Waals surface area contributed by atoms with Crippen LogP contribution in [0.2, 0.25) is 0 Å². The lowest BCUT2D eigenvalue weighted by Gasteiger charge is -2.29. The van der Waals surface area contributed by atoms with Gasteiger partial charge in [0.15, 0.2) is 5.69 Å². The molecule has 2 N–H and O–H groups in total. The lowest BCUT2D eigenvalue weighted by atomic mass is 10.0. The van der Waals surface area contributed by atoms with Crippen LogP contribution >= 0.6 is 0 Å². The normalized spacial score (nSPS) is 19.8. The Morgan fingerprint density at radius 2 is 2.23 bits per heavy atom. The van der Waals surface area contributed by atoms with Gasteiger partial charge in [0.1, 0.15) is 5.82 Å². The summed E-state index contributed by atoms with van der Waals surface area (Å²) in [6.07, 6.45) is 3.84. The number of amides is 1. The Balaban J connectivity index is 1.59. The molecule has 0 saturated carbocycles. The standard InChI is InChI=1S/C19H25N5O2/c1-12(2)24-16-5-7-23(10-15(16)18(22-24)19(20)25)17-4-3-13(9-21-17)14-6-8-26-11-14/h3-4,9,12,14H,5-8,10-11H2,1-2H3,(H2,20,25). The minimum Gasteiger partial charge on any atom is -0.381 e. The average molecular weight is 355 g/mol. The molecule has 26 heavy (non-hydrogen) atoms. The molecule has 0 aromatic carbocycles. The van der Waals surface area contributed by atoms with E-state index < -0.39 is 5.91 Å². The van der Waals surface area contributed by atoms with Gasteiger partial charge in [0, 0.05) is 55.5 Å². The van der Waals surface area contributed by atoms with Crippen LogP contribution in [-0.4, -0.2) is 40.4 Å². The van der Waals surface area contributed by atoms with Gasteiger partial charge in [0.2, 0.25) is 0 Å². The molecule has 4 rings (SSSR count). The highest BCUT2D eigenvalue weighted by Gasteiger charge is 2.28. The third-order valence-corrected chi connectivity index (χ3v) is 5.30. The van der Waals surface area contributed by atoms with E-state index in [-0.39, 0.29) is 6.04 Å². The highest BCUT2D eigenvalue weighted by molar-refractivity contribution is 5.92. The molecule has 138 valence electrons. The Bertz CT molecular complexity index is 806. The topological polar surface area (TPSA) is 86.3 Å². The van der Waals surface area contributed by atoms with E-state index in [0.29, 0.717) is 18.2 Å². The van der Waals surface area contributed by atoms with Crippen molar-refractivity contribution in [2.24, 2.45) is 5.73 Å². The summed E-state index contributed by atoms with van der Waals surface area (Å²) in [5.74, 6) is 0.910. The van der Waals surface area contributed by atoms with Crippen LogP contribution in [0.15, 0.2) is 18.3 Å². The third kappa shape index (κ3) is 2.96. The molecule has 1 amide bonds. The fourth-order valence-corrected chi connectivity index (χ4v) is 3.89. The van der Waals surface area contributed by atoms with Gasteiger partial charge in [0.25, 0.3) is 5.91 Å². The van der Waals surface area contributed by atoms with E-state index in [0.717, 1.165) is 49.7 Å². The maximum Gasteiger partial charge on any atom is 0.269 e. The first-order valence-corrected chi connectivity index (χ1v) is 9.23. The van der Waals surface area contributed by atoms with Crippen LogP contribution in [0, 0.1) is 0 Å². The minimum absolute atomic E-state index is 0.203. The third-order valence-electron chi connectivity index (χ3n) is 5.30. The molecule has 1 saturated heterocycles. The zero-order valence-corrected chi connectivity index (χ0v) is 15.3. The number of hydrogen-bond donors (Lipinski definition) is 1. The van der Waals surface area contributed by atoms with Gasteiger partial charge in [-0.15, -0.1) is 0 Å².